The molecule has 0 aliphatic rings. The highest BCUT2D eigenvalue weighted by atomic mass is 35.5. The van der Waals surface area contributed by atoms with E-state index in [0.717, 1.165) is 0 Å². The molecular weight excluding hydrogens is 383 g/mol. The van der Waals surface area contributed by atoms with Crippen LogP contribution in [0, 0.1) is 12.7 Å². The van der Waals surface area contributed by atoms with Crippen molar-refractivity contribution in [3.05, 3.63) is 76.3 Å². The Kier molecular flexibility index (Phi) is 5.65. The van der Waals surface area contributed by atoms with Crippen molar-refractivity contribution in [2.45, 2.75) is 13.8 Å². The summed E-state index contributed by atoms with van der Waals surface area (Å²) in [6.07, 6.45) is 0. The normalized spacial score (nSPS) is 10.4. The Balaban J connectivity index is 1.79. The van der Waals surface area contributed by atoms with Gasteiger partial charge in [0, 0.05) is 22.6 Å². The SMILES string of the molecule is CC(=O)c1ccc(Nc2nc(C)cc(C(=O)Nc3ccc(F)c(Cl)c3)n2)cc1. The Morgan fingerprint density at radius 1 is 1.00 bits per heavy atom. The minimum Gasteiger partial charge on any atom is -0.324 e. The van der Waals surface area contributed by atoms with Crippen LogP contribution in [-0.2, 0) is 0 Å². The lowest BCUT2D eigenvalue weighted by molar-refractivity contribution is 0.101. The second-order valence-electron chi connectivity index (χ2n) is 6.06. The van der Waals surface area contributed by atoms with Gasteiger partial charge in [-0.05, 0) is 62.4 Å². The monoisotopic (exact) mass is 398 g/mol. The number of ketones is 1. The number of benzene rings is 2. The maximum absolute atomic E-state index is 13.2. The lowest BCUT2D eigenvalue weighted by Gasteiger charge is -2.09. The topological polar surface area (TPSA) is 84.0 Å². The van der Waals surface area contributed by atoms with Gasteiger partial charge in [-0.2, -0.15) is 0 Å². The first-order chi connectivity index (χ1) is 13.3. The zero-order chi connectivity index (χ0) is 20.3. The van der Waals surface area contributed by atoms with Crippen LogP contribution in [0.1, 0.15) is 33.5 Å². The van der Waals surface area contributed by atoms with Gasteiger partial charge >= 0.3 is 0 Å². The van der Waals surface area contributed by atoms with Crippen LogP contribution in [0.4, 0.5) is 21.7 Å². The molecule has 1 amide bonds. The molecule has 0 fully saturated rings. The highest BCUT2D eigenvalue weighted by Gasteiger charge is 2.12. The number of aryl methyl sites for hydroxylation is 1. The van der Waals surface area contributed by atoms with Crippen molar-refractivity contribution >= 4 is 40.6 Å². The van der Waals surface area contributed by atoms with Crippen molar-refractivity contribution in [3.63, 3.8) is 0 Å². The molecule has 1 heterocycles. The highest BCUT2D eigenvalue weighted by molar-refractivity contribution is 6.31. The summed E-state index contributed by atoms with van der Waals surface area (Å²) in [7, 11) is 0. The summed E-state index contributed by atoms with van der Waals surface area (Å²) in [5.41, 5.74) is 2.33. The number of carbonyl (C=O) groups is 2. The second-order valence-corrected chi connectivity index (χ2v) is 6.47. The first kappa shape index (κ1) is 19.4. The van der Waals surface area contributed by atoms with Crippen molar-refractivity contribution in [2.24, 2.45) is 0 Å². The number of aromatic nitrogens is 2. The van der Waals surface area contributed by atoms with E-state index >= 15 is 0 Å². The average Bonchev–Trinajstić information content (AvgIpc) is 2.64. The van der Waals surface area contributed by atoms with Crippen molar-refractivity contribution < 1.29 is 14.0 Å². The summed E-state index contributed by atoms with van der Waals surface area (Å²) in [6.45, 7) is 3.22. The van der Waals surface area contributed by atoms with Gasteiger partial charge in [-0.15, -0.1) is 0 Å². The molecule has 3 aromatic rings. The van der Waals surface area contributed by atoms with Crippen LogP contribution in [0.5, 0.6) is 0 Å². The summed E-state index contributed by atoms with van der Waals surface area (Å²) in [5, 5.41) is 5.53. The minimum absolute atomic E-state index is 0.0294. The predicted molar refractivity (Wildman–Crippen MR) is 106 cm³/mol. The molecule has 0 bridgehead atoms. The van der Waals surface area contributed by atoms with Gasteiger partial charge in [-0.25, -0.2) is 14.4 Å². The van der Waals surface area contributed by atoms with Gasteiger partial charge in [0.05, 0.1) is 5.02 Å². The molecule has 8 heteroatoms. The van der Waals surface area contributed by atoms with E-state index in [2.05, 4.69) is 20.6 Å². The Hall–Kier alpha value is -3.32. The number of amides is 1. The smallest absolute Gasteiger partial charge is 0.274 e. The number of carbonyl (C=O) groups excluding carboxylic acids is 2. The zero-order valence-electron chi connectivity index (χ0n) is 15.1. The standard InChI is InChI=1S/C20H16ClFN4O2/c1-11-9-18(19(28)24-15-7-8-17(22)16(21)10-15)26-20(23-11)25-14-5-3-13(4-6-14)12(2)27/h3-10H,1-2H3,(H,24,28)(H,23,25,26). The molecule has 2 N–H and O–H groups in total. The van der Waals surface area contributed by atoms with Crippen LogP contribution in [0.15, 0.2) is 48.5 Å². The van der Waals surface area contributed by atoms with Crippen molar-refractivity contribution in [3.8, 4) is 0 Å². The van der Waals surface area contributed by atoms with E-state index in [1.54, 1.807) is 31.2 Å². The van der Waals surface area contributed by atoms with Crippen LogP contribution in [-0.4, -0.2) is 21.7 Å². The Labute approximate surface area is 165 Å². The van der Waals surface area contributed by atoms with Gasteiger partial charge < -0.3 is 10.6 Å². The van der Waals surface area contributed by atoms with Crippen molar-refractivity contribution in [1.29, 1.82) is 0 Å². The summed E-state index contributed by atoms with van der Waals surface area (Å²) in [4.78, 5) is 32.3. The largest absolute Gasteiger partial charge is 0.324 e. The fraction of sp³-hybridized carbons (Fsp3) is 0.100. The van der Waals surface area contributed by atoms with Crippen LogP contribution in [0.2, 0.25) is 5.02 Å². The minimum atomic E-state index is -0.570. The molecule has 6 nitrogen and oxygen atoms in total. The summed E-state index contributed by atoms with van der Waals surface area (Å²) in [5.74, 6) is -0.848. The lowest BCUT2D eigenvalue weighted by Crippen LogP contribution is -2.15. The van der Waals surface area contributed by atoms with Gasteiger partial charge in [0.2, 0.25) is 5.95 Å². The quantitative estimate of drug-likeness (QED) is 0.604. The fourth-order valence-electron chi connectivity index (χ4n) is 2.43. The number of rotatable bonds is 5. The number of anilines is 3. The summed E-state index contributed by atoms with van der Waals surface area (Å²) in [6, 6.07) is 12.2. The average molecular weight is 399 g/mol. The molecule has 0 spiro atoms. The molecular formula is C20H16ClFN4O2. The molecule has 2 aromatic carbocycles. The maximum atomic E-state index is 13.2. The van der Waals surface area contributed by atoms with E-state index in [9.17, 15) is 14.0 Å². The van der Waals surface area contributed by atoms with E-state index in [-0.39, 0.29) is 22.4 Å². The molecule has 0 radical (unpaired) electrons. The molecule has 28 heavy (non-hydrogen) atoms. The van der Waals surface area contributed by atoms with Crippen LogP contribution in [0.25, 0.3) is 0 Å². The molecule has 142 valence electrons. The Morgan fingerprint density at radius 2 is 1.68 bits per heavy atom. The number of nitrogens with one attached hydrogen (secondary N) is 2. The van der Waals surface area contributed by atoms with E-state index in [4.69, 9.17) is 11.6 Å². The van der Waals surface area contributed by atoms with Crippen molar-refractivity contribution in [2.75, 3.05) is 10.6 Å². The van der Waals surface area contributed by atoms with Gasteiger partial charge in [0.15, 0.2) is 5.78 Å². The summed E-state index contributed by atoms with van der Waals surface area (Å²) < 4.78 is 13.2. The maximum Gasteiger partial charge on any atom is 0.274 e. The number of Topliss-reactive ketones (excluding diaryl/α,β-unsaturated/α-hetero) is 1. The first-order valence-electron chi connectivity index (χ1n) is 8.32. The molecule has 1 aromatic heterocycles. The zero-order valence-corrected chi connectivity index (χ0v) is 15.8. The number of nitrogens with zero attached hydrogens (tertiary/aromatic N) is 2. The van der Waals surface area contributed by atoms with E-state index in [1.165, 1.54) is 31.2 Å². The lowest BCUT2D eigenvalue weighted by atomic mass is 10.1. The Bertz CT molecular complexity index is 1050. The third-order valence-corrected chi connectivity index (χ3v) is 4.10. The van der Waals surface area contributed by atoms with E-state index in [1.807, 2.05) is 0 Å². The first-order valence-corrected chi connectivity index (χ1v) is 8.70. The third kappa shape index (κ3) is 4.69. The molecule has 0 aliphatic heterocycles. The molecule has 0 unspecified atom stereocenters. The van der Waals surface area contributed by atoms with E-state index < -0.39 is 11.7 Å². The molecule has 0 aliphatic carbocycles. The predicted octanol–water partition coefficient (Wildman–Crippen LogP) is 4.78. The number of hydrogen-bond donors (Lipinski definition) is 2. The van der Waals surface area contributed by atoms with Crippen LogP contribution < -0.4 is 10.6 Å². The van der Waals surface area contributed by atoms with Crippen LogP contribution >= 0.6 is 11.6 Å². The Morgan fingerprint density at radius 3 is 2.32 bits per heavy atom. The fourth-order valence-corrected chi connectivity index (χ4v) is 2.61. The number of hydrogen-bond acceptors (Lipinski definition) is 5. The third-order valence-electron chi connectivity index (χ3n) is 3.81. The van der Waals surface area contributed by atoms with Gasteiger partial charge in [0.25, 0.3) is 5.91 Å². The van der Waals surface area contributed by atoms with Gasteiger partial charge in [-0.3, -0.25) is 9.59 Å². The molecule has 3 rings (SSSR count). The molecule has 0 saturated heterocycles. The molecule has 0 saturated carbocycles. The van der Waals surface area contributed by atoms with Gasteiger partial charge in [-0.1, -0.05) is 11.6 Å². The van der Waals surface area contributed by atoms with E-state index in [0.29, 0.717) is 22.6 Å². The highest BCUT2D eigenvalue weighted by Crippen LogP contribution is 2.20. The number of halogens is 2. The van der Waals surface area contributed by atoms with Crippen LogP contribution in [0.3, 0.4) is 0 Å². The van der Waals surface area contributed by atoms with Crippen molar-refractivity contribution in [1.82, 2.24) is 9.97 Å². The summed E-state index contributed by atoms with van der Waals surface area (Å²) >= 11 is 5.73. The second kappa shape index (κ2) is 8.14. The molecule has 0 atom stereocenters. The van der Waals surface area contributed by atoms with Gasteiger partial charge in [0.1, 0.15) is 11.5 Å².